The average Bonchev–Trinajstić information content (AvgIpc) is 2.71. The van der Waals surface area contributed by atoms with Gasteiger partial charge < -0.3 is 9.67 Å². The minimum Gasteiger partial charge on any atom is -0.508 e. The van der Waals surface area contributed by atoms with Crippen LogP contribution in [0.5, 0.6) is 5.75 Å². The Morgan fingerprint density at radius 1 is 1.35 bits per heavy atom. The van der Waals surface area contributed by atoms with Gasteiger partial charge in [0.25, 0.3) is 0 Å². The largest absolute Gasteiger partial charge is 0.508 e. The molecule has 0 amide bonds. The molecule has 4 heteroatoms. The zero-order chi connectivity index (χ0) is 14.9. The van der Waals surface area contributed by atoms with E-state index >= 15 is 0 Å². The first-order valence-electron chi connectivity index (χ1n) is 6.22. The quantitative estimate of drug-likeness (QED) is 0.892. The molecule has 1 aromatic heterocycles. The molecule has 20 heavy (non-hydrogen) atoms. The number of phenolic OH excluding ortho intramolecular Hbond substituents is 1. The summed E-state index contributed by atoms with van der Waals surface area (Å²) in [5.41, 5.74) is 4.07. The maximum Gasteiger partial charge on any atom is 0.129 e. The number of aromatic hydroxyl groups is 1. The molecule has 0 fully saturated rings. The van der Waals surface area contributed by atoms with E-state index in [4.69, 9.17) is 11.6 Å². The van der Waals surface area contributed by atoms with Crippen LogP contribution >= 0.6 is 11.6 Å². The van der Waals surface area contributed by atoms with Crippen LogP contribution in [-0.4, -0.2) is 9.67 Å². The van der Waals surface area contributed by atoms with Crippen LogP contribution in [0, 0.1) is 11.3 Å². The van der Waals surface area contributed by atoms with Gasteiger partial charge in [0.05, 0.1) is 0 Å². The second kappa shape index (κ2) is 5.44. The minimum atomic E-state index is 0.200. The van der Waals surface area contributed by atoms with Gasteiger partial charge in [-0.25, -0.2) is 0 Å². The Balaban J connectivity index is 2.82. The Bertz CT molecular complexity index is 718. The number of hydrogen-bond acceptors (Lipinski definition) is 2. The molecular formula is C16H15ClN2O. The molecule has 2 rings (SSSR count). The summed E-state index contributed by atoms with van der Waals surface area (Å²) >= 11 is 6.40. The van der Waals surface area contributed by atoms with Crippen LogP contribution < -0.4 is 0 Å². The fourth-order valence-corrected chi connectivity index (χ4v) is 2.49. The van der Waals surface area contributed by atoms with Gasteiger partial charge in [-0.2, -0.15) is 5.26 Å². The monoisotopic (exact) mass is 286 g/mol. The zero-order valence-corrected chi connectivity index (χ0v) is 12.4. The second-order valence-electron chi connectivity index (χ2n) is 4.58. The highest BCUT2D eigenvalue weighted by atomic mass is 35.5. The number of benzene rings is 1. The molecule has 0 bridgehead atoms. The number of halogens is 1. The Labute approximate surface area is 123 Å². The summed E-state index contributed by atoms with van der Waals surface area (Å²) in [6.45, 7) is 3.88. The maximum atomic E-state index is 9.40. The van der Waals surface area contributed by atoms with Crippen molar-refractivity contribution in [2.24, 2.45) is 7.05 Å². The molecule has 0 radical (unpaired) electrons. The van der Waals surface area contributed by atoms with Gasteiger partial charge in [-0.3, -0.25) is 0 Å². The van der Waals surface area contributed by atoms with Crippen molar-refractivity contribution in [2.75, 3.05) is 0 Å². The highest BCUT2D eigenvalue weighted by Crippen LogP contribution is 2.39. The van der Waals surface area contributed by atoms with Gasteiger partial charge >= 0.3 is 0 Å². The SMILES string of the molecule is C/C=C(\C)c1c(-c2ccc(O)cc2)c(Cl)n(C)c1C#N. The highest BCUT2D eigenvalue weighted by Gasteiger charge is 2.21. The Hall–Kier alpha value is -2.18. The lowest BCUT2D eigenvalue weighted by atomic mass is 9.97. The maximum absolute atomic E-state index is 9.40. The number of aromatic nitrogens is 1. The van der Waals surface area contributed by atoms with E-state index in [-0.39, 0.29) is 5.75 Å². The van der Waals surface area contributed by atoms with Gasteiger partial charge in [-0.15, -0.1) is 0 Å². The third kappa shape index (κ3) is 2.19. The minimum absolute atomic E-state index is 0.200. The van der Waals surface area contributed by atoms with Crippen LogP contribution in [0.25, 0.3) is 16.7 Å². The van der Waals surface area contributed by atoms with Crippen molar-refractivity contribution in [3.63, 3.8) is 0 Å². The van der Waals surface area contributed by atoms with Gasteiger partial charge in [-0.1, -0.05) is 29.8 Å². The second-order valence-corrected chi connectivity index (χ2v) is 4.94. The number of allylic oxidation sites excluding steroid dienone is 2. The van der Waals surface area contributed by atoms with E-state index in [0.717, 1.165) is 22.3 Å². The molecule has 2 aromatic rings. The third-order valence-electron chi connectivity index (χ3n) is 3.41. The first-order valence-corrected chi connectivity index (χ1v) is 6.60. The molecule has 1 N–H and O–H groups in total. The fraction of sp³-hybridized carbons (Fsp3) is 0.188. The lowest BCUT2D eigenvalue weighted by molar-refractivity contribution is 0.475. The molecular weight excluding hydrogens is 272 g/mol. The first kappa shape index (κ1) is 14.2. The smallest absolute Gasteiger partial charge is 0.129 e. The van der Waals surface area contributed by atoms with Crippen LogP contribution in [0.1, 0.15) is 25.1 Å². The van der Waals surface area contributed by atoms with Crippen molar-refractivity contribution in [1.82, 2.24) is 4.57 Å². The van der Waals surface area contributed by atoms with Crippen molar-refractivity contribution in [3.8, 4) is 22.9 Å². The van der Waals surface area contributed by atoms with Crippen LogP contribution in [0.2, 0.25) is 5.15 Å². The van der Waals surface area contributed by atoms with E-state index in [0.29, 0.717) is 10.8 Å². The van der Waals surface area contributed by atoms with Crippen molar-refractivity contribution in [2.45, 2.75) is 13.8 Å². The lowest BCUT2D eigenvalue weighted by Crippen LogP contribution is -1.93. The van der Waals surface area contributed by atoms with Gasteiger partial charge in [0, 0.05) is 18.2 Å². The topological polar surface area (TPSA) is 49.0 Å². The predicted octanol–water partition coefficient (Wildman–Crippen LogP) is 4.35. The van der Waals surface area contributed by atoms with Crippen LogP contribution in [0.4, 0.5) is 0 Å². The number of rotatable bonds is 2. The molecule has 102 valence electrons. The fourth-order valence-electron chi connectivity index (χ4n) is 2.21. The molecule has 1 aromatic carbocycles. The molecule has 1 heterocycles. The van der Waals surface area contributed by atoms with Gasteiger partial charge in [0.1, 0.15) is 22.7 Å². The van der Waals surface area contributed by atoms with E-state index in [2.05, 4.69) is 6.07 Å². The molecule has 0 aliphatic carbocycles. The van der Waals surface area contributed by atoms with Crippen molar-refractivity contribution in [1.29, 1.82) is 5.26 Å². The number of nitrogens with zero attached hydrogens (tertiary/aromatic N) is 2. The van der Waals surface area contributed by atoms with E-state index in [1.54, 1.807) is 35.9 Å². The molecule has 3 nitrogen and oxygen atoms in total. The van der Waals surface area contributed by atoms with Crippen LogP contribution in [0.15, 0.2) is 30.3 Å². The van der Waals surface area contributed by atoms with Crippen LogP contribution in [0.3, 0.4) is 0 Å². The van der Waals surface area contributed by atoms with E-state index in [9.17, 15) is 10.4 Å². The van der Waals surface area contributed by atoms with Gasteiger partial charge in [-0.05, 0) is 37.1 Å². The molecule has 0 spiro atoms. The molecule has 0 saturated heterocycles. The Morgan fingerprint density at radius 3 is 2.45 bits per heavy atom. The van der Waals surface area contributed by atoms with Crippen LogP contribution in [-0.2, 0) is 7.05 Å². The molecule has 0 unspecified atom stereocenters. The first-order chi connectivity index (χ1) is 9.51. The zero-order valence-electron chi connectivity index (χ0n) is 11.6. The summed E-state index contributed by atoms with van der Waals surface area (Å²) in [6, 6.07) is 9.02. The standard InChI is InChI=1S/C16H15ClN2O/c1-4-10(2)14-13(9-18)19(3)16(17)15(14)11-5-7-12(20)8-6-11/h4-8,20H,1-3H3/b10-4+. The van der Waals surface area contributed by atoms with Crippen molar-refractivity contribution >= 4 is 17.2 Å². The van der Waals surface area contributed by atoms with Crippen molar-refractivity contribution in [3.05, 3.63) is 46.8 Å². The number of hydrogen-bond donors (Lipinski definition) is 1. The molecule has 0 atom stereocenters. The van der Waals surface area contributed by atoms with E-state index < -0.39 is 0 Å². The number of nitriles is 1. The van der Waals surface area contributed by atoms with Gasteiger partial charge in [0.15, 0.2) is 0 Å². The third-order valence-corrected chi connectivity index (χ3v) is 3.85. The summed E-state index contributed by atoms with van der Waals surface area (Å²) < 4.78 is 1.69. The van der Waals surface area contributed by atoms with E-state index in [1.165, 1.54) is 0 Å². The average molecular weight is 287 g/mol. The summed E-state index contributed by atoms with van der Waals surface area (Å²) in [6.07, 6.45) is 1.95. The normalized spacial score (nSPS) is 11.4. The Morgan fingerprint density at radius 2 is 1.95 bits per heavy atom. The molecule has 0 aliphatic heterocycles. The summed E-state index contributed by atoms with van der Waals surface area (Å²) in [4.78, 5) is 0. The predicted molar refractivity (Wildman–Crippen MR) is 81.6 cm³/mol. The summed E-state index contributed by atoms with van der Waals surface area (Å²) in [7, 11) is 1.78. The van der Waals surface area contributed by atoms with E-state index in [1.807, 2.05) is 19.9 Å². The van der Waals surface area contributed by atoms with Crippen molar-refractivity contribution < 1.29 is 5.11 Å². The molecule has 0 saturated carbocycles. The number of phenols is 1. The summed E-state index contributed by atoms with van der Waals surface area (Å²) in [5, 5.41) is 19.3. The lowest BCUT2D eigenvalue weighted by Gasteiger charge is -2.06. The molecule has 0 aliphatic rings. The summed E-state index contributed by atoms with van der Waals surface area (Å²) in [5.74, 6) is 0.200. The highest BCUT2D eigenvalue weighted by molar-refractivity contribution is 6.33. The Kier molecular flexibility index (Phi) is 3.87. The van der Waals surface area contributed by atoms with Gasteiger partial charge in [0.2, 0.25) is 0 Å².